The van der Waals surface area contributed by atoms with Crippen molar-refractivity contribution in [2.24, 2.45) is 0 Å². The zero-order chi connectivity index (χ0) is 23.7. The quantitative estimate of drug-likeness (QED) is 0.581. The molecule has 1 N–H and O–H groups in total. The predicted molar refractivity (Wildman–Crippen MR) is 119 cm³/mol. The minimum Gasteiger partial charge on any atom is -0.348 e. The molecule has 0 bridgehead atoms. The van der Waals surface area contributed by atoms with Crippen molar-refractivity contribution in [2.45, 2.75) is 78.0 Å². The van der Waals surface area contributed by atoms with Crippen LogP contribution in [0.1, 0.15) is 38.8 Å². The summed E-state index contributed by atoms with van der Waals surface area (Å²) in [6.45, 7) is 12.0. The van der Waals surface area contributed by atoms with Gasteiger partial charge in [-0.3, -0.25) is 9.78 Å². The lowest BCUT2D eigenvalue weighted by Crippen LogP contribution is -2.63. The van der Waals surface area contributed by atoms with Gasteiger partial charge < -0.3 is 23.5 Å². The van der Waals surface area contributed by atoms with E-state index in [2.05, 4.69) is 15.0 Å². The number of H-pyrrole nitrogens is 1. The molecule has 2 fully saturated rings. The summed E-state index contributed by atoms with van der Waals surface area (Å²) in [5.41, 5.74) is 2.28. The molecule has 33 heavy (non-hydrogen) atoms. The van der Waals surface area contributed by atoms with E-state index in [1.807, 2.05) is 58.2 Å². The third-order valence-electron chi connectivity index (χ3n) is 6.21. The van der Waals surface area contributed by atoms with Crippen molar-refractivity contribution >= 4 is 11.0 Å². The number of aromatic nitrogens is 4. The fourth-order valence-corrected chi connectivity index (χ4v) is 4.61. The van der Waals surface area contributed by atoms with E-state index in [9.17, 15) is 9.59 Å². The second-order valence-electron chi connectivity index (χ2n) is 9.70. The van der Waals surface area contributed by atoms with Gasteiger partial charge in [-0.15, -0.1) is 0 Å². The smallest absolute Gasteiger partial charge is 0.348 e. The molecule has 0 saturated carbocycles. The molecule has 0 unspecified atom stereocenters. The van der Waals surface area contributed by atoms with Gasteiger partial charge in [-0.05, 0) is 64.8 Å². The first kappa shape index (κ1) is 22.1. The minimum absolute atomic E-state index is 0.0986. The summed E-state index contributed by atoms with van der Waals surface area (Å²) in [7, 11) is 0. The fraction of sp³-hybridized carbons (Fsp3) is 0.565. The number of hydrogen-bond acceptors (Lipinski definition) is 8. The number of ether oxygens (including phenoxy) is 4. The highest BCUT2D eigenvalue weighted by Crippen LogP contribution is 2.37. The van der Waals surface area contributed by atoms with E-state index < -0.39 is 35.0 Å². The van der Waals surface area contributed by atoms with Crippen LogP contribution in [0.4, 0.5) is 0 Å². The van der Waals surface area contributed by atoms with E-state index in [1.165, 1.54) is 0 Å². The van der Waals surface area contributed by atoms with Gasteiger partial charge in [-0.25, -0.2) is 9.78 Å². The molecule has 10 nitrogen and oxygen atoms in total. The van der Waals surface area contributed by atoms with Gasteiger partial charge in [0.15, 0.2) is 23.1 Å². The van der Waals surface area contributed by atoms with Crippen LogP contribution in [-0.4, -0.2) is 56.0 Å². The Morgan fingerprint density at radius 2 is 1.76 bits per heavy atom. The number of aromatic amines is 1. The Balaban J connectivity index is 1.70. The number of fused-ring (bicyclic) bond motifs is 3. The molecule has 10 heteroatoms. The summed E-state index contributed by atoms with van der Waals surface area (Å²) in [6, 6.07) is 3.91. The van der Waals surface area contributed by atoms with E-state index in [1.54, 1.807) is 0 Å². The standard InChI is InChI=1S/C23H28N4O6/c1-11-7-13-14(8-12(11)2)27(19-17(24-13)20(28)26-21(29)25-19)9-15-18-16(32-23(5,6)31-15)10-30-22(3,4)33-18/h7-8,15-16,18H,9-10H2,1-6H3,(H,26,28,29)/t15-,16+,18-/m0/s1. The largest absolute Gasteiger partial charge is 0.349 e. The van der Waals surface area contributed by atoms with Crippen LogP contribution in [0.2, 0.25) is 0 Å². The molecule has 3 atom stereocenters. The highest BCUT2D eigenvalue weighted by Gasteiger charge is 2.49. The Labute approximate surface area is 190 Å². The first-order chi connectivity index (χ1) is 15.4. The molecule has 0 aromatic heterocycles. The molecule has 0 spiro atoms. The highest BCUT2D eigenvalue weighted by atomic mass is 16.8. The Kier molecular flexibility index (Phi) is 4.98. The van der Waals surface area contributed by atoms with Crippen molar-refractivity contribution in [1.82, 2.24) is 19.5 Å². The summed E-state index contributed by atoms with van der Waals surface area (Å²) in [4.78, 5) is 35.6. The molecule has 0 radical (unpaired) electrons. The normalized spacial score (nSPS) is 26.4. The topological polar surface area (TPSA) is 118 Å². The first-order valence-corrected chi connectivity index (χ1v) is 11.0. The number of nitrogens with one attached hydrogen (secondary N) is 1. The number of benzene rings is 1. The molecule has 4 heterocycles. The monoisotopic (exact) mass is 456 g/mol. The SMILES string of the molecule is Cc1cc2nc3c(=O)[nH]c(=O)nc-3n(C[C@@H]3OC(C)(C)O[C@@H]4COC(C)(C)O[C@@H]34)c2cc1C. The van der Waals surface area contributed by atoms with Gasteiger partial charge in [-0.1, -0.05) is 0 Å². The second-order valence-corrected chi connectivity index (χ2v) is 9.70. The van der Waals surface area contributed by atoms with E-state index in [4.69, 9.17) is 18.9 Å². The molecule has 0 aliphatic carbocycles. The molecule has 0 amide bonds. The number of nitrogens with zero attached hydrogens (tertiary/aromatic N) is 3. The van der Waals surface area contributed by atoms with Crippen molar-refractivity contribution in [1.29, 1.82) is 0 Å². The van der Waals surface area contributed by atoms with Crippen molar-refractivity contribution in [3.63, 3.8) is 0 Å². The maximum Gasteiger partial charge on any atom is 0.349 e. The van der Waals surface area contributed by atoms with Crippen LogP contribution < -0.4 is 11.2 Å². The number of aryl methyl sites for hydroxylation is 2. The molecular weight excluding hydrogens is 428 g/mol. The lowest BCUT2D eigenvalue weighted by molar-refractivity contribution is -0.407. The van der Waals surface area contributed by atoms with Gasteiger partial charge in [0.2, 0.25) is 0 Å². The van der Waals surface area contributed by atoms with Crippen LogP contribution in [0.25, 0.3) is 22.6 Å². The highest BCUT2D eigenvalue weighted by molar-refractivity contribution is 5.81. The maximum absolute atomic E-state index is 12.6. The number of rotatable bonds is 2. The van der Waals surface area contributed by atoms with Gasteiger partial charge in [-0.2, -0.15) is 4.98 Å². The zero-order valence-electron chi connectivity index (χ0n) is 19.6. The maximum atomic E-state index is 12.6. The average Bonchev–Trinajstić information content (AvgIpc) is 2.70. The van der Waals surface area contributed by atoms with E-state index >= 15 is 0 Å². The molecular formula is C23H28N4O6. The Morgan fingerprint density at radius 3 is 2.52 bits per heavy atom. The molecule has 5 rings (SSSR count). The third kappa shape index (κ3) is 3.97. The molecule has 176 valence electrons. The summed E-state index contributed by atoms with van der Waals surface area (Å²) in [5, 5.41) is 0. The minimum atomic E-state index is -0.875. The molecule has 1 aromatic carbocycles. The van der Waals surface area contributed by atoms with Crippen molar-refractivity contribution in [3.05, 3.63) is 44.1 Å². The lowest BCUT2D eigenvalue weighted by Gasteiger charge is -2.51. The molecule has 4 aliphatic heterocycles. The Morgan fingerprint density at radius 1 is 1.03 bits per heavy atom. The van der Waals surface area contributed by atoms with Crippen LogP contribution in [0.3, 0.4) is 0 Å². The van der Waals surface area contributed by atoms with Crippen LogP contribution in [0.5, 0.6) is 0 Å². The van der Waals surface area contributed by atoms with Crippen molar-refractivity contribution < 1.29 is 18.9 Å². The van der Waals surface area contributed by atoms with Crippen LogP contribution in [-0.2, 0) is 25.5 Å². The van der Waals surface area contributed by atoms with Crippen LogP contribution in [0, 0.1) is 13.8 Å². The van der Waals surface area contributed by atoms with Gasteiger partial charge in [0.25, 0.3) is 5.56 Å². The fourth-order valence-electron chi connectivity index (χ4n) is 4.61. The van der Waals surface area contributed by atoms with Gasteiger partial charge in [0, 0.05) is 0 Å². The summed E-state index contributed by atoms with van der Waals surface area (Å²) < 4.78 is 26.2. The van der Waals surface area contributed by atoms with Crippen LogP contribution in [0.15, 0.2) is 21.7 Å². The van der Waals surface area contributed by atoms with Crippen LogP contribution >= 0.6 is 0 Å². The number of hydrogen-bond donors (Lipinski definition) is 1. The second kappa shape index (κ2) is 7.42. The lowest BCUT2D eigenvalue weighted by atomic mass is 10.0. The summed E-state index contributed by atoms with van der Waals surface area (Å²) in [6.07, 6.45) is -1.21. The summed E-state index contributed by atoms with van der Waals surface area (Å²) >= 11 is 0. The van der Waals surface area contributed by atoms with Gasteiger partial charge >= 0.3 is 5.69 Å². The average molecular weight is 456 g/mol. The zero-order valence-corrected chi connectivity index (χ0v) is 19.6. The van der Waals surface area contributed by atoms with E-state index in [0.29, 0.717) is 12.1 Å². The van der Waals surface area contributed by atoms with E-state index in [0.717, 1.165) is 16.6 Å². The molecule has 2 saturated heterocycles. The first-order valence-electron chi connectivity index (χ1n) is 11.0. The Hall–Kier alpha value is -2.66. The predicted octanol–water partition coefficient (Wildman–Crippen LogP) is 1.87. The summed E-state index contributed by atoms with van der Waals surface area (Å²) in [5.74, 6) is -1.47. The molecule has 1 aromatic rings. The van der Waals surface area contributed by atoms with Crippen molar-refractivity contribution in [3.8, 4) is 11.5 Å². The van der Waals surface area contributed by atoms with Gasteiger partial charge in [0.1, 0.15) is 18.3 Å². The van der Waals surface area contributed by atoms with Gasteiger partial charge in [0.05, 0.1) is 24.2 Å². The third-order valence-corrected chi connectivity index (χ3v) is 6.21. The molecule has 4 aliphatic rings. The van der Waals surface area contributed by atoms with Crippen molar-refractivity contribution in [2.75, 3.05) is 6.61 Å². The Bertz CT molecular complexity index is 1330. The van der Waals surface area contributed by atoms with E-state index in [-0.39, 0.29) is 24.2 Å².